The first-order chi connectivity index (χ1) is 12.2. The molecule has 1 aliphatic heterocycles. The van der Waals surface area contributed by atoms with Gasteiger partial charge in [-0.1, -0.05) is 18.6 Å². The highest BCUT2D eigenvalue weighted by Gasteiger charge is 2.23. The van der Waals surface area contributed by atoms with Gasteiger partial charge in [0.15, 0.2) is 0 Å². The van der Waals surface area contributed by atoms with E-state index >= 15 is 0 Å². The van der Waals surface area contributed by atoms with Crippen molar-refractivity contribution in [1.82, 2.24) is 19.7 Å². The van der Waals surface area contributed by atoms with Crippen LogP contribution in [-0.4, -0.2) is 45.4 Å². The van der Waals surface area contributed by atoms with Crippen molar-refractivity contribution in [2.45, 2.75) is 45.7 Å². The third-order valence-electron chi connectivity index (χ3n) is 4.74. The van der Waals surface area contributed by atoms with Crippen LogP contribution in [0.1, 0.15) is 36.5 Å². The number of likely N-dealkylation sites (tertiary alicyclic amines) is 1. The summed E-state index contributed by atoms with van der Waals surface area (Å²) in [6, 6.07) is 10.0. The fourth-order valence-corrected chi connectivity index (χ4v) is 3.45. The van der Waals surface area contributed by atoms with Crippen LogP contribution >= 0.6 is 0 Å². The quantitative estimate of drug-likeness (QED) is 0.809. The van der Waals surface area contributed by atoms with Crippen LogP contribution in [0.15, 0.2) is 24.3 Å². The van der Waals surface area contributed by atoms with E-state index in [1.54, 1.807) is 6.07 Å². The van der Waals surface area contributed by atoms with Gasteiger partial charge in [0.1, 0.15) is 30.1 Å². The SMILES string of the molecule is Cc1nc(C)n(C[C@H]2CCCCN2CCOc2ccccc2C#N)n1. The van der Waals surface area contributed by atoms with E-state index < -0.39 is 0 Å². The van der Waals surface area contributed by atoms with Crippen LogP contribution < -0.4 is 4.74 Å². The van der Waals surface area contributed by atoms with Gasteiger partial charge in [0.05, 0.1) is 12.1 Å². The Morgan fingerprint density at radius 1 is 1.28 bits per heavy atom. The molecule has 0 amide bonds. The van der Waals surface area contributed by atoms with Crippen molar-refractivity contribution >= 4 is 0 Å². The largest absolute Gasteiger partial charge is 0.491 e. The molecule has 1 fully saturated rings. The lowest BCUT2D eigenvalue weighted by Crippen LogP contribution is -2.44. The van der Waals surface area contributed by atoms with E-state index in [1.165, 1.54) is 19.3 Å². The maximum absolute atomic E-state index is 9.14. The van der Waals surface area contributed by atoms with Crippen LogP contribution in [0.4, 0.5) is 0 Å². The Hall–Kier alpha value is -2.39. The molecular formula is C19H25N5O. The summed E-state index contributed by atoms with van der Waals surface area (Å²) in [5.41, 5.74) is 0.589. The molecule has 1 aliphatic rings. The van der Waals surface area contributed by atoms with Gasteiger partial charge in [-0.25, -0.2) is 9.67 Å². The number of rotatable bonds is 6. The Morgan fingerprint density at radius 2 is 2.12 bits per heavy atom. The summed E-state index contributed by atoms with van der Waals surface area (Å²) < 4.78 is 7.88. The molecule has 3 rings (SSSR count). The van der Waals surface area contributed by atoms with Crippen molar-refractivity contribution in [3.63, 3.8) is 0 Å². The first-order valence-corrected chi connectivity index (χ1v) is 8.91. The molecule has 0 saturated carbocycles. The zero-order chi connectivity index (χ0) is 17.6. The summed E-state index contributed by atoms with van der Waals surface area (Å²) in [6.07, 6.45) is 3.65. The highest BCUT2D eigenvalue weighted by atomic mass is 16.5. The van der Waals surface area contributed by atoms with Gasteiger partial charge in [-0.05, 0) is 45.4 Å². The fraction of sp³-hybridized carbons (Fsp3) is 0.526. The number of piperidine rings is 1. The smallest absolute Gasteiger partial charge is 0.147 e. The molecule has 0 unspecified atom stereocenters. The van der Waals surface area contributed by atoms with Gasteiger partial charge < -0.3 is 4.74 Å². The van der Waals surface area contributed by atoms with Crippen molar-refractivity contribution in [3.05, 3.63) is 41.5 Å². The van der Waals surface area contributed by atoms with Crippen molar-refractivity contribution in [2.24, 2.45) is 0 Å². The van der Waals surface area contributed by atoms with Gasteiger partial charge in [-0.2, -0.15) is 10.4 Å². The molecule has 2 heterocycles. The number of para-hydroxylation sites is 1. The predicted molar refractivity (Wildman–Crippen MR) is 95.4 cm³/mol. The maximum Gasteiger partial charge on any atom is 0.147 e. The van der Waals surface area contributed by atoms with Gasteiger partial charge in [-0.15, -0.1) is 0 Å². The van der Waals surface area contributed by atoms with E-state index in [4.69, 9.17) is 10.00 Å². The Morgan fingerprint density at radius 3 is 2.88 bits per heavy atom. The molecule has 132 valence electrons. The summed E-state index contributed by atoms with van der Waals surface area (Å²) >= 11 is 0. The lowest BCUT2D eigenvalue weighted by Gasteiger charge is -2.35. The standard InChI is InChI=1S/C19H25N5O/c1-15-21-16(2)24(22-15)14-18-8-5-6-10-23(18)11-12-25-19-9-4-3-7-17(19)13-20/h3-4,7,9,18H,5-6,8,10-12,14H2,1-2H3/t18-/m1/s1. The van der Waals surface area contributed by atoms with Crippen LogP contribution in [0, 0.1) is 25.2 Å². The van der Waals surface area contributed by atoms with Gasteiger partial charge >= 0.3 is 0 Å². The zero-order valence-corrected chi connectivity index (χ0v) is 15.0. The van der Waals surface area contributed by atoms with Crippen LogP contribution in [0.5, 0.6) is 5.75 Å². The topological polar surface area (TPSA) is 67.0 Å². The Kier molecular flexibility index (Phi) is 5.67. The molecule has 0 bridgehead atoms. The molecule has 1 aromatic heterocycles. The molecule has 25 heavy (non-hydrogen) atoms. The van der Waals surface area contributed by atoms with Crippen LogP contribution in [0.2, 0.25) is 0 Å². The van der Waals surface area contributed by atoms with E-state index in [0.29, 0.717) is 24.0 Å². The average Bonchev–Trinajstić information content (AvgIpc) is 2.94. The van der Waals surface area contributed by atoms with E-state index in [1.807, 2.05) is 36.7 Å². The second kappa shape index (κ2) is 8.13. The second-order valence-electron chi connectivity index (χ2n) is 6.53. The third kappa shape index (κ3) is 4.37. The average molecular weight is 339 g/mol. The molecule has 6 heteroatoms. The molecule has 0 spiro atoms. The van der Waals surface area contributed by atoms with Crippen LogP contribution in [0.25, 0.3) is 0 Å². The fourth-order valence-electron chi connectivity index (χ4n) is 3.45. The minimum Gasteiger partial charge on any atom is -0.491 e. The summed E-state index contributed by atoms with van der Waals surface area (Å²) in [5.74, 6) is 2.47. The Balaban J connectivity index is 1.58. The summed E-state index contributed by atoms with van der Waals surface area (Å²) in [6.45, 7) is 7.35. The molecule has 1 atom stereocenters. The van der Waals surface area contributed by atoms with E-state index in [9.17, 15) is 0 Å². The van der Waals surface area contributed by atoms with E-state index in [2.05, 4.69) is 21.1 Å². The molecule has 1 aromatic carbocycles. The molecule has 0 N–H and O–H groups in total. The van der Waals surface area contributed by atoms with Gasteiger partial charge in [0.25, 0.3) is 0 Å². The first-order valence-electron chi connectivity index (χ1n) is 8.91. The minimum absolute atomic E-state index is 0.461. The highest BCUT2D eigenvalue weighted by molar-refractivity contribution is 5.42. The van der Waals surface area contributed by atoms with Crippen molar-refractivity contribution < 1.29 is 4.74 Å². The molecule has 0 aliphatic carbocycles. The first kappa shape index (κ1) is 17.4. The number of nitriles is 1. The Labute approximate surface area is 149 Å². The van der Waals surface area contributed by atoms with E-state index in [-0.39, 0.29) is 0 Å². The van der Waals surface area contributed by atoms with E-state index in [0.717, 1.165) is 31.3 Å². The second-order valence-corrected chi connectivity index (χ2v) is 6.53. The number of hydrogen-bond acceptors (Lipinski definition) is 5. The van der Waals surface area contributed by atoms with Crippen molar-refractivity contribution in [2.75, 3.05) is 19.7 Å². The number of nitrogens with zero attached hydrogens (tertiary/aromatic N) is 5. The normalized spacial score (nSPS) is 18.0. The summed E-state index contributed by atoms with van der Waals surface area (Å²) in [5, 5.41) is 13.6. The molecule has 0 radical (unpaired) electrons. The molecule has 1 saturated heterocycles. The van der Waals surface area contributed by atoms with Crippen molar-refractivity contribution in [1.29, 1.82) is 5.26 Å². The third-order valence-corrected chi connectivity index (χ3v) is 4.74. The van der Waals surface area contributed by atoms with Crippen molar-refractivity contribution in [3.8, 4) is 11.8 Å². The monoisotopic (exact) mass is 339 g/mol. The Bertz CT molecular complexity index is 749. The molecule has 2 aromatic rings. The molecule has 6 nitrogen and oxygen atoms in total. The van der Waals surface area contributed by atoms with Crippen LogP contribution in [-0.2, 0) is 6.54 Å². The predicted octanol–water partition coefficient (Wildman–Crippen LogP) is 2.70. The number of aromatic nitrogens is 3. The van der Waals surface area contributed by atoms with Gasteiger partial charge in [0, 0.05) is 12.6 Å². The lowest BCUT2D eigenvalue weighted by atomic mass is 10.0. The van der Waals surface area contributed by atoms with Gasteiger partial charge in [-0.3, -0.25) is 4.90 Å². The van der Waals surface area contributed by atoms with Crippen LogP contribution in [0.3, 0.4) is 0 Å². The highest BCUT2D eigenvalue weighted by Crippen LogP contribution is 2.20. The van der Waals surface area contributed by atoms with Gasteiger partial charge in [0.2, 0.25) is 0 Å². The number of hydrogen-bond donors (Lipinski definition) is 0. The lowest BCUT2D eigenvalue weighted by molar-refractivity contribution is 0.108. The minimum atomic E-state index is 0.461. The number of aryl methyl sites for hydroxylation is 2. The maximum atomic E-state index is 9.14. The number of ether oxygens (including phenoxy) is 1. The number of benzene rings is 1. The summed E-state index contributed by atoms with van der Waals surface area (Å²) in [7, 11) is 0. The summed E-state index contributed by atoms with van der Waals surface area (Å²) in [4.78, 5) is 6.88. The zero-order valence-electron chi connectivity index (χ0n) is 15.0. The molecular weight excluding hydrogens is 314 g/mol.